The van der Waals surface area contributed by atoms with Gasteiger partial charge in [-0.05, 0) is 45.1 Å². The van der Waals surface area contributed by atoms with Crippen molar-refractivity contribution in [3.8, 4) is 0 Å². The molecule has 2 rings (SSSR count). The zero-order valence-corrected chi connectivity index (χ0v) is 11.9. The van der Waals surface area contributed by atoms with Crippen molar-refractivity contribution < 1.29 is 4.74 Å². The van der Waals surface area contributed by atoms with Gasteiger partial charge in [0.05, 0.1) is 6.10 Å². The molecule has 0 spiro atoms. The molecule has 2 N–H and O–H groups in total. The Balaban J connectivity index is 1.67. The van der Waals surface area contributed by atoms with Gasteiger partial charge in [0.1, 0.15) is 0 Å². The topological polar surface area (TPSA) is 38.5 Å². The minimum Gasteiger partial charge on any atom is -0.377 e. The highest BCUT2D eigenvalue weighted by Gasteiger charge is 2.23. The number of rotatable bonds is 5. The van der Waals surface area contributed by atoms with Gasteiger partial charge in [-0.2, -0.15) is 0 Å². The van der Waals surface area contributed by atoms with Gasteiger partial charge in [0, 0.05) is 25.7 Å². The van der Waals surface area contributed by atoms with Crippen molar-refractivity contribution in [1.29, 1.82) is 0 Å². The molecule has 0 bridgehead atoms. The number of nitrogens with two attached hydrogens (primary N) is 1. The Morgan fingerprint density at radius 2 is 1.83 bits per heavy atom. The Morgan fingerprint density at radius 3 is 2.50 bits per heavy atom. The summed E-state index contributed by atoms with van der Waals surface area (Å²) in [5, 5.41) is 0. The van der Waals surface area contributed by atoms with E-state index >= 15 is 0 Å². The molecule has 0 radical (unpaired) electrons. The molecular weight excluding hydrogens is 224 g/mol. The van der Waals surface area contributed by atoms with Crippen LogP contribution in [-0.2, 0) is 4.74 Å². The number of hydrogen-bond donors (Lipinski definition) is 1. The smallest absolute Gasteiger partial charge is 0.0701 e. The molecule has 2 unspecified atom stereocenters. The number of ether oxygens (including phenoxy) is 1. The molecule has 0 aromatic rings. The molecule has 3 heteroatoms. The Bertz CT molecular complexity index is 223. The largest absolute Gasteiger partial charge is 0.377 e. The molecule has 1 aliphatic carbocycles. The Morgan fingerprint density at radius 1 is 1.11 bits per heavy atom. The molecule has 18 heavy (non-hydrogen) atoms. The van der Waals surface area contributed by atoms with Gasteiger partial charge < -0.3 is 15.4 Å². The van der Waals surface area contributed by atoms with E-state index < -0.39 is 0 Å². The number of nitrogens with zero attached hydrogens (tertiary/aromatic N) is 1. The first-order valence-electron chi connectivity index (χ1n) is 7.81. The number of likely N-dealkylation sites (N-methyl/N-ethyl adjacent to an activating group) is 1. The van der Waals surface area contributed by atoms with Gasteiger partial charge in [0.25, 0.3) is 0 Å². The van der Waals surface area contributed by atoms with Crippen molar-refractivity contribution in [2.75, 3.05) is 26.7 Å². The second-order valence-corrected chi connectivity index (χ2v) is 6.27. The fraction of sp³-hybridized carbons (Fsp3) is 1.00. The standard InChI is InChI=1S/C15H30N2O/c1-17(11-14-9-5-6-10-18-14)12-15(16)13-7-3-2-4-8-13/h13-15H,2-12,16H2,1H3. The zero-order valence-electron chi connectivity index (χ0n) is 11.9. The SMILES string of the molecule is CN(CC1CCCCO1)CC(N)C1CCCCC1. The van der Waals surface area contributed by atoms with E-state index in [1.54, 1.807) is 0 Å². The van der Waals surface area contributed by atoms with E-state index in [4.69, 9.17) is 10.5 Å². The van der Waals surface area contributed by atoms with E-state index in [1.165, 1.54) is 51.4 Å². The normalized spacial score (nSPS) is 28.5. The van der Waals surface area contributed by atoms with Gasteiger partial charge in [0.2, 0.25) is 0 Å². The summed E-state index contributed by atoms with van der Waals surface area (Å²) in [6.07, 6.45) is 11.1. The van der Waals surface area contributed by atoms with Crippen LogP contribution in [0.3, 0.4) is 0 Å². The first-order chi connectivity index (χ1) is 8.75. The maximum atomic E-state index is 6.37. The second kappa shape index (κ2) is 7.46. The maximum Gasteiger partial charge on any atom is 0.0701 e. The van der Waals surface area contributed by atoms with E-state index in [0.717, 1.165) is 25.6 Å². The van der Waals surface area contributed by atoms with Crippen molar-refractivity contribution in [1.82, 2.24) is 4.90 Å². The monoisotopic (exact) mass is 254 g/mol. The van der Waals surface area contributed by atoms with Crippen molar-refractivity contribution in [2.24, 2.45) is 11.7 Å². The highest BCUT2D eigenvalue weighted by atomic mass is 16.5. The Kier molecular flexibility index (Phi) is 5.93. The molecule has 2 atom stereocenters. The molecule has 0 amide bonds. The Hall–Kier alpha value is -0.120. The van der Waals surface area contributed by atoms with Crippen molar-refractivity contribution in [3.63, 3.8) is 0 Å². The molecule has 2 aliphatic rings. The summed E-state index contributed by atoms with van der Waals surface area (Å²) in [7, 11) is 2.20. The fourth-order valence-corrected chi connectivity index (χ4v) is 3.44. The lowest BCUT2D eigenvalue weighted by molar-refractivity contribution is -0.00312. The van der Waals surface area contributed by atoms with E-state index in [-0.39, 0.29) is 0 Å². The number of hydrogen-bond acceptors (Lipinski definition) is 3. The maximum absolute atomic E-state index is 6.37. The molecule has 0 aromatic carbocycles. The molecule has 0 aromatic heterocycles. The summed E-state index contributed by atoms with van der Waals surface area (Å²) in [6.45, 7) is 3.04. The van der Waals surface area contributed by atoms with Crippen molar-refractivity contribution >= 4 is 0 Å². The lowest BCUT2D eigenvalue weighted by Gasteiger charge is -2.32. The van der Waals surface area contributed by atoms with Gasteiger partial charge in [-0.1, -0.05) is 19.3 Å². The molecule has 1 saturated carbocycles. The molecule has 106 valence electrons. The zero-order chi connectivity index (χ0) is 12.8. The predicted octanol–water partition coefficient (Wildman–Crippen LogP) is 2.39. The van der Waals surface area contributed by atoms with Gasteiger partial charge in [0.15, 0.2) is 0 Å². The molecule has 1 heterocycles. The van der Waals surface area contributed by atoms with Gasteiger partial charge in [-0.15, -0.1) is 0 Å². The average molecular weight is 254 g/mol. The molecule has 1 aliphatic heterocycles. The van der Waals surface area contributed by atoms with Crippen LogP contribution < -0.4 is 5.73 Å². The van der Waals surface area contributed by atoms with Crippen LogP contribution in [-0.4, -0.2) is 43.8 Å². The predicted molar refractivity (Wildman–Crippen MR) is 75.6 cm³/mol. The summed E-state index contributed by atoms with van der Waals surface area (Å²) >= 11 is 0. The Labute approximate surface area is 112 Å². The van der Waals surface area contributed by atoms with Crippen LogP contribution in [0.25, 0.3) is 0 Å². The second-order valence-electron chi connectivity index (χ2n) is 6.27. The third kappa shape index (κ3) is 4.52. The lowest BCUT2D eigenvalue weighted by atomic mass is 9.84. The van der Waals surface area contributed by atoms with Crippen LogP contribution in [0.5, 0.6) is 0 Å². The summed E-state index contributed by atoms with van der Waals surface area (Å²) in [6, 6.07) is 0.360. The van der Waals surface area contributed by atoms with E-state index in [9.17, 15) is 0 Å². The fourth-order valence-electron chi connectivity index (χ4n) is 3.44. The van der Waals surface area contributed by atoms with Crippen molar-refractivity contribution in [3.05, 3.63) is 0 Å². The first-order valence-corrected chi connectivity index (χ1v) is 7.81. The van der Waals surface area contributed by atoms with Crippen molar-refractivity contribution in [2.45, 2.75) is 63.5 Å². The molecular formula is C15H30N2O. The summed E-state index contributed by atoms with van der Waals surface area (Å²) < 4.78 is 5.79. The third-order valence-electron chi connectivity index (χ3n) is 4.57. The van der Waals surface area contributed by atoms with Crippen LogP contribution in [0.1, 0.15) is 51.4 Å². The quantitative estimate of drug-likeness (QED) is 0.819. The summed E-state index contributed by atoms with van der Waals surface area (Å²) in [5.41, 5.74) is 6.37. The third-order valence-corrected chi connectivity index (χ3v) is 4.57. The minimum absolute atomic E-state index is 0.360. The minimum atomic E-state index is 0.360. The van der Waals surface area contributed by atoms with Gasteiger partial charge in [-0.25, -0.2) is 0 Å². The highest BCUT2D eigenvalue weighted by molar-refractivity contribution is 4.79. The van der Waals surface area contributed by atoms with E-state index in [1.807, 2.05) is 0 Å². The highest BCUT2D eigenvalue weighted by Crippen LogP contribution is 2.26. The lowest BCUT2D eigenvalue weighted by Crippen LogP contribution is -2.44. The van der Waals surface area contributed by atoms with E-state index in [0.29, 0.717) is 12.1 Å². The summed E-state index contributed by atoms with van der Waals surface area (Å²) in [5.74, 6) is 0.758. The molecule has 2 fully saturated rings. The van der Waals surface area contributed by atoms with Crippen LogP contribution in [0, 0.1) is 5.92 Å². The summed E-state index contributed by atoms with van der Waals surface area (Å²) in [4.78, 5) is 2.38. The van der Waals surface area contributed by atoms with E-state index in [2.05, 4.69) is 11.9 Å². The van der Waals surface area contributed by atoms with Gasteiger partial charge >= 0.3 is 0 Å². The molecule has 1 saturated heterocycles. The first kappa shape index (κ1) is 14.3. The van der Waals surface area contributed by atoms with Crippen LogP contribution in [0.2, 0.25) is 0 Å². The van der Waals surface area contributed by atoms with Crippen LogP contribution in [0.4, 0.5) is 0 Å². The average Bonchev–Trinajstić information content (AvgIpc) is 2.40. The molecule has 3 nitrogen and oxygen atoms in total. The van der Waals surface area contributed by atoms with Crippen LogP contribution in [0.15, 0.2) is 0 Å². The van der Waals surface area contributed by atoms with Crippen LogP contribution >= 0.6 is 0 Å². The van der Waals surface area contributed by atoms with Gasteiger partial charge in [-0.3, -0.25) is 0 Å².